The van der Waals surface area contributed by atoms with Crippen LogP contribution in [0.5, 0.6) is 0 Å². The summed E-state index contributed by atoms with van der Waals surface area (Å²) in [7, 11) is 0. The van der Waals surface area contributed by atoms with Crippen LogP contribution in [0.1, 0.15) is 26.2 Å². The Morgan fingerprint density at radius 1 is 1.31 bits per heavy atom. The number of nitrogens with zero attached hydrogens (tertiary/aromatic N) is 1. The van der Waals surface area contributed by atoms with Crippen molar-refractivity contribution in [3.8, 4) is 0 Å². The topological polar surface area (TPSA) is 33.7 Å². The maximum absolute atomic E-state index is 5.47. The van der Waals surface area contributed by atoms with E-state index < -0.39 is 0 Å². The monoisotopic (exact) mass is 228 g/mol. The van der Waals surface area contributed by atoms with Gasteiger partial charge in [-0.15, -0.1) is 0 Å². The van der Waals surface area contributed by atoms with Crippen LogP contribution in [0.15, 0.2) is 0 Å². The van der Waals surface area contributed by atoms with E-state index in [0.717, 1.165) is 32.2 Å². The molecule has 1 saturated heterocycles. The van der Waals surface area contributed by atoms with E-state index in [1.54, 1.807) is 0 Å². The summed E-state index contributed by atoms with van der Waals surface area (Å²) in [6, 6.07) is 0.881. The van der Waals surface area contributed by atoms with Gasteiger partial charge in [0.15, 0.2) is 0 Å². The molecule has 1 aliphatic carbocycles. The maximum Gasteiger partial charge on any atom is 0.147 e. The first-order valence-electron chi connectivity index (χ1n) is 6.54. The molecule has 16 heavy (non-hydrogen) atoms. The molecule has 0 radical (unpaired) electrons. The predicted octanol–water partition coefficient (Wildman–Crippen LogP) is 0.823. The molecule has 4 nitrogen and oxygen atoms in total. The highest BCUT2D eigenvalue weighted by Gasteiger charge is 2.27. The van der Waals surface area contributed by atoms with E-state index in [1.165, 1.54) is 25.9 Å². The van der Waals surface area contributed by atoms with Crippen LogP contribution in [0.25, 0.3) is 0 Å². The molecule has 1 aliphatic heterocycles. The number of likely N-dealkylation sites (N-methyl/N-ethyl adjacent to an activating group) is 1. The Morgan fingerprint density at radius 2 is 2.19 bits per heavy atom. The van der Waals surface area contributed by atoms with Crippen LogP contribution in [0, 0.1) is 0 Å². The lowest BCUT2D eigenvalue weighted by atomic mass is 10.2. The van der Waals surface area contributed by atoms with Crippen LogP contribution >= 0.6 is 0 Å². The van der Waals surface area contributed by atoms with Crippen LogP contribution in [0.4, 0.5) is 0 Å². The standard InChI is InChI=1S/C12H24N2O2/c1-2-14(11-3-4-11)7-6-13-9-12-5-8-15-10-16-12/h11-13H,2-10H2,1H3. The van der Waals surface area contributed by atoms with Gasteiger partial charge in [-0.1, -0.05) is 6.92 Å². The molecule has 0 aromatic rings. The van der Waals surface area contributed by atoms with Gasteiger partial charge in [-0.3, -0.25) is 4.90 Å². The molecule has 1 heterocycles. The Kier molecular flexibility index (Phi) is 5.03. The van der Waals surface area contributed by atoms with Crippen molar-refractivity contribution in [3.63, 3.8) is 0 Å². The first-order chi connectivity index (χ1) is 7.90. The molecule has 2 aliphatic rings. The number of rotatable bonds is 7. The van der Waals surface area contributed by atoms with Gasteiger partial charge in [0.1, 0.15) is 6.79 Å². The van der Waals surface area contributed by atoms with E-state index >= 15 is 0 Å². The normalized spacial score (nSPS) is 26.2. The minimum Gasteiger partial charge on any atom is -0.355 e. The molecule has 0 aromatic heterocycles. The Bertz CT molecular complexity index is 191. The summed E-state index contributed by atoms with van der Waals surface area (Å²) in [5.41, 5.74) is 0. The van der Waals surface area contributed by atoms with Gasteiger partial charge in [0.05, 0.1) is 12.7 Å². The molecule has 2 fully saturated rings. The number of nitrogens with one attached hydrogen (secondary N) is 1. The van der Waals surface area contributed by atoms with Crippen molar-refractivity contribution in [1.29, 1.82) is 0 Å². The summed E-state index contributed by atoms with van der Waals surface area (Å²) < 4.78 is 10.6. The van der Waals surface area contributed by atoms with Gasteiger partial charge < -0.3 is 14.8 Å². The molecular weight excluding hydrogens is 204 g/mol. The molecule has 0 aromatic carbocycles. The zero-order valence-corrected chi connectivity index (χ0v) is 10.3. The quantitative estimate of drug-likeness (QED) is 0.654. The second-order valence-corrected chi connectivity index (χ2v) is 4.67. The van der Waals surface area contributed by atoms with Crippen LogP contribution in [0.3, 0.4) is 0 Å². The summed E-state index contributed by atoms with van der Waals surface area (Å²) in [5.74, 6) is 0. The second-order valence-electron chi connectivity index (χ2n) is 4.67. The Morgan fingerprint density at radius 3 is 2.81 bits per heavy atom. The van der Waals surface area contributed by atoms with E-state index in [4.69, 9.17) is 9.47 Å². The minimum atomic E-state index is 0.352. The van der Waals surface area contributed by atoms with Crippen LogP contribution < -0.4 is 5.32 Å². The van der Waals surface area contributed by atoms with Gasteiger partial charge in [-0.2, -0.15) is 0 Å². The molecule has 0 spiro atoms. The van der Waals surface area contributed by atoms with Gasteiger partial charge in [0.2, 0.25) is 0 Å². The summed E-state index contributed by atoms with van der Waals surface area (Å²) in [6.45, 7) is 7.95. The van der Waals surface area contributed by atoms with E-state index in [-0.39, 0.29) is 0 Å². The highest BCUT2D eigenvalue weighted by Crippen LogP contribution is 2.25. The molecule has 1 saturated carbocycles. The Labute approximate surface area is 98.3 Å². The van der Waals surface area contributed by atoms with Gasteiger partial charge in [0, 0.05) is 25.7 Å². The van der Waals surface area contributed by atoms with Crippen LogP contribution in [-0.4, -0.2) is 56.6 Å². The van der Waals surface area contributed by atoms with Crippen molar-refractivity contribution in [1.82, 2.24) is 10.2 Å². The largest absolute Gasteiger partial charge is 0.355 e. The first-order valence-corrected chi connectivity index (χ1v) is 6.54. The third-order valence-corrected chi connectivity index (χ3v) is 3.39. The molecule has 1 N–H and O–H groups in total. The van der Waals surface area contributed by atoms with Crippen molar-refractivity contribution in [2.45, 2.75) is 38.3 Å². The average Bonchev–Trinajstić information content (AvgIpc) is 3.15. The average molecular weight is 228 g/mol. The zero-order chi connectivity index (χ0) is 11.2. The lowest BCUT2D eigenvalue weighted by Crippen LogP contribution is -2.38. The minimum absolute atomic E-state index is 0.352. The van der Waals surface area contributed by atoms with Crippen molar-refractivity contribution < 1.29 is 9.47 Å². The van der Waals surface area contributed by atoms with Gasteiger partial charge in [-0.05, 0) is 25.8 Å². The number of hydrogen-bond acceptors (Lipinski definition) is 4. The van der Waals surface area contributed by atoms with E-state index in [0.29, 0.717) is 12.9 Å². The molecule has 4 heteroatoms. The second kappa shape index (κ2) is 6.55. The molecule has 94 valence electrons. The molecular formula is C12H24N2O2. The van der Waals surface area contributed by atoms with Crippen molar-refractivity contribution in [2.24, 2.45) is 0 Å². The molecule has 0 amide bonds. The smallest absolute Gasteiger partial charge is 0.147 e. The van der Waals surface area contributed by atoms with Crippen LogP contribution in [0.2, 0.25) is 0 Å². The van der Waals surface area contributed by atoms with Gasteiger partial charge in [0.25, 0.3) is 0 Å². The third kappa shape index (κ3) is 4.01. The highest BCUT2D eigenvalue weighted by atomic mass is 16.7. The van der Waals surface area contributed by atoms with Crippen molar-refractivity contribution >= 4 is 0 Å². The van der Waals surface area contributed by atoms with Crippen molar-refractivity contribution in [3.05, 3.63) is 0 Å². The van der Waals surface area contributed by atoms with E-state index in [2.05, 4.69) is 17.1 Å². The lowest BCUT2D eigenvalue weighted by molar-refractivity contribution is -0.137. The molecule has 1 atom stereocenters. The van der Waals surface area contributed by atoms with Crippen LogP contribution in [-0.2, 0) is 9.47 Å². The molecule has 0 bridgehead atoms. The number of ether oxygens (including phenoxy) is 2. The van der Waals surface area contributed by atoms with Gasteiger partial charge in [-0.25, -0.2) is 0 Å². The van der Waals surface area contributed by atoms with Gasteiger partial charge >= 0.3 is 0 Å². The fraction of sp³-hybridized carbons (Fsp3) is 1.00. The maximum atomic E-state index is 5.47. The third-order valence-electron chi connectivity index (χ3n) is 3.39. The fourth-order valence-electron chi connectivity index (χ4n) is 2.19. The summed E-state index contributed by atoms with van der Waals surface area (Å²) in [5, 5.41) is 3.48. The predicted molar refractivity (Wildman–Crippen MR) is 63.4 cm³/mol. The fourth-order valence-corrected chi connectivity index (χ4v) is 2.19. The molecule has 1 unspecified atom stereocenters. The van der Waals surface area contributed by atoms with E-state index in [1.807, 2.05) is 0 Å². The summed E-state index contributed by atoms with van der Waals surface area (Å²) >= 11 is 0. The zero-order valence-electron chi connectivity index (χ0n) is 10.3. The Balaban J connectivity index is 1.50. The van der Waals surface area contributed by atoms with Crippen molar-refractivity contribution in [2.75, 3.05) is 39.6 Å². The highest BCUT2D eigenvalue weighted by molar-refractivity contribution is 4.84. The number of hydrogen-bond donors (Lipinski definition) is 1. The SMILES string of the molecule is CCN(CCNCC1CCOCO1)C1CC1. The first kappa shape index (κ1) is 12.3. The molecule has 2 rings (SSSR count). The Hall–Kier alpha value is -0.160. The summed E-state index contributed by atoms with van der Waals surface area (Å²) in [6.07, 6.45) is 4.17. The van der Waals surface area contributed by atoms with E-state index in [9.17, 15) is 0 Å². The summed E-state index contributed by atoms with van der Waals surface area (Å²) in [4.78, 5) is 2.57. The lowest BCUT2D eigenvalue weighted by Gasteiger charge is -2.24.